The second kappa shape index (κ2) is 5.92. The molecule has 122 valence electrons. The number of nitrogens with two attached hydrogens (primary N) is 1. The molecule has 4 nitrogen and oxygen atoms in total. The number of hydrogen-bond acceptors (Lipinski definition) is 3. The van der Waals surface area contributed by atoms with Gasteiger partial charge in [0.05, 0.1) is 0 Å². The van der Waals surface area contributed by atoms with Gasteiger partial charge in [0.25, 0.3) is 5.91 Å². The lowest BCUT2D eigenvalue weighted by atomic mass is 9.77. The average molecular weight is 303 g/mol. The molecule has 0 aliphatic carbocycles. The topological polar surface area (TPSA) is 58.4 Å². The van der Waals surface area contributed by atoms with Crippen molar-refractivity contribution in [2.45, 2.75) is 65.5 Å². The lowest BCUT2D eigenvalue weighted by Crippen LogP contribution is -2.61. The highest BCUT2D eigenvalue weighted by atomic mass is 16.2. The van der Waals surface area contributed by atoms with E-state index in [4.69, 9.17) is 5.84 Å². The van der Waals surface area contributed by atoms with Gasteiger partial charge in [-0.1, -0.05) is 38.5 Å². The molecule has 1 heterocycles. The van der Waals surface area contributed by atoms with Crippen LogP contribution in [0.4, 0.5) is 5.69 Å². The van der Waals surface area contributed by atoms with Gasteiger partial charge < -0.3 is 4.90 Å². The van der Waals surface area contributed by atoms with Crippen molar-refractivity contribution in [3.8, 4) is 0 Å². The van der Waals surface area contributed by atoms with Gasteiger partial charge in [0.2, 0.25) is 0 Å². The third-order valence-electron chi connectivity index (χ3n) is 4.75. The quantitative estimate of drug-likeness (QED) is 0.512. The van der Waals surface area contributed by atoms with Crippen LogP contribution in [0.15, 0.2) is 18.2 Å². The summed E-state index contributed by atoms with van der Waals surface area (Å²) in [6.07, 6.45) is 1.02. The summed E-state index contributed by atoms with van der Waals surface area (Å²) in [4.78, 5) is 14.7. The standard InChI is InChI=1S/C18H29N3O/c1-11(2)16(17(22)20-19)21-15-8-7-12(3)9-14(15)13(4)10-18(21,5)6/h7-9,11,13,16H,10,19H2,1-6H3,(H,20,22)/t13-,16-/m1/s1. The van der Waals surface area contributed by atoms with E-state index in [0.29, 0.717) is 5.92 Å². The van der Waals surface area contributed by atoms with Crippen LogP contribution in [0.1, 0.15) is 58.1 Å². The summed E-state index contributed by atoms with van der Waals surface area (Å²) >= 11 is 0. The first kappa shape index (κ1) is 16.8. The second-order valence-electron chi connectivity index (χ2n) is 7.55. The molecule has 0 saturated carbocycles. The monoisotopic (exact) mass is 303 g/mol. The number of nitrogens with one attached hydrogen (secondary N) is 1. The minimum absolute atomic E-state index is 0.0941. The number of fused-ring (bicyclic) bond motifs is 1. The average Bonchev–Trinajstić information content (AvgIpc) is 2.42. The van der Waals surface area contributed by atoms with Crippen molar-refractivity contribution in [2.24, 2.45) is 11.8 Å². The molecule has 0 unspecified atom stereocenters. The van der Waals surface area contributed by atoms with E-state index in [2.05, 4.69) is 70.1 Å². The number of anilines is 1. The number of hydrogen-bond donors (Lipinski definition) is 2. The Morgan fingerprint density at radius 2 is 2.05 bits per heavy atom. The van der Waals surface area contributed by atoms with Crippen LogP contribution in [0.3, 0.4) is 0 Å². The van der Waals surface area contributed by atoms with Crippen LogP contribution < -0.4 is 16.2 Å². The van der Waals surface area contributed by atoms with Gasteiger partial charge in [0.1, 0.15) is 6.04 Å². The van der Waals surface area contributed by atoms with Crippen LogP contribution >= 0.6 is 0 Å². The minimum Gasteiger partial charge on any atom is -0.354 e. The molecule has 0 bridgehead atoms. The number of amides is 1. The fourth-order valence-corrected chi connectivity index (χ4v) is 3.90. The summed E-state index contributed by atoms with van der Waals surface area (Å²) in [7, 11) is 0. The SMILES string of the molecule is Cc1ccc2c(c1)[C@H](C)CC(C)(C)N2[C@@H](C(=O)NN)C(C)C. The van der Waals surface area contributed by atoms with E-state index in [0.717, 1.165) is 12.1 Å². The number of benzene rings is 1. The molecule has 2 rings (SSSR count). The highest BCUT2D eigenvalue weighted by Crippen LogP contribution is 2.45. The summed E-state index contributed by atoms with van der Waals surface area (Å²) in [5.41, 5.74) is 6.01. The molecule has 1 amide bonds. The molecule has 22 heavy (non-hydrogen) atoms. The Labute approximate surface area is 134 Å². The van der Waals surface area contributed by atoms with Crippen molar-refractivity contribution >= 4 is 11.6 Å². The molecule has 0 saturated heterocycles. The van der Waals surface area contributed by atoms with E-state index in [-0.39, 0.29) is 23.4 Å². The molecule has 1 aliphatic heterocycles. The van der Waals surface area contributed by atoms with Crippen molar-refractivity contribution in [1.29, 1.82) is 0 Å². The van der Waals surface area contributed by atoms with Crippen molar-refractivity contribution in [1.82, 2.24) is 5.43 Å². The van der Waals surface area contributed by atoms with Gasteiger partial charge in [-0.2, -0.15) is 0 Å². The van der Waals surface area contributed by atoms with Crippen LogP contribution in [0, 0.1) is 12.8 Å². The Hall–Kier alpha value is -1.55. The lowest BCUT2D eigenvalue weighted by molar-refractivity contribution is -0.123. The molecule has 0 aromatic heterocycles. The van der Waals surface area contributed by atoms with Gasteiger partial charge in [-0.15, -0.1) is 0 Å². The van der Waals surface area contributed by atoms with Crippen LogP contribution in [0.2, 0.25) is 0 Å². The Morgan fingerprint density at radius 3 is 2.59 bits per heavy atom. The smallest absolute Gasteiger partial charge is 0.256 e. The molecule has 0 spiro atoms. The predicted molar refractivity (Wildman–Crippen MR) is 91.7 cm³/mol. The third kappa shape index (κ3) is 2.84. The molecule has 2 atom stereocenters. The van der Waals surface area contributed by atoms with Crippen LogP contribution in [-0.4, -0.2) is 17.5 Å². The maximum atomic E-state index is 12.4. The van der Waals surface area contributed by atoms with Crippen LogP contribution in [0.25, 0.3) is 0 Å². The number of aryl methyl sites for hydroxylation is 1. The summed E-state index contributed by atoms with van der Waals surface area (Å²) in [6.45, 7) is 13.0. The molecule has 1 aromatic carbocycles. The van der Waals surface area contributed by atoms with E-state index in [1.165, 1.54) is 11.1 Å². The first-order valence-electron chi connectivity index (χ1n) is 8.09. The first-order valence-corrected chi connectivity index (χ1v) is 8.09. The van der Waals surface area contributed by atoms with E-state index in [1.807, 2.05) is 0 Å². The van der Waals surface area contributed by atoms with Crippen LogP contribution in [0.5, 0.6) is 0 Å². The van der Waals surface area contributed by atoms with Crippen molar-refractivity contribution in [3.63, 3.8) is 0 Å². The zero-order valence-electron chi connectivity index (χ0n) is 14.6. The fourth-order valence-electron chi connectivity index (χ4n) is 3.90. The van der Waals surface area contributed by atoms with Gasteiger partial charge in [-0.3, -0.25) is 10.2 Å². The van der Waals surface area contributed by atoms with Gasteiger partial charge in [0.15, 0.2) is 0 Å². The Kier molecular flexibility index (Phi) is 4.52. The maximum Gasteiger partial charge on any atom is 0.256 e. The molecule has 1 aliphatic rings. The van der Waals surface area contributed by atoms with E-state index in [1.54, 1.807) is 0 Å². The second-order valence-corrected chi connectivity index (χ2v) is 7.55. The summed E-state index contributed by atoms with van der Waals surface area (Å²) in [6, 6.07) is 6.26. The molecule has 0 fully saturated rings. The largest absolute Gasteiger partial charge is 0.354 e. The predicted octanol–water partition coefficient (Wildman–Crippen LogP) is 3.10. The van der Waals surface area contributed by atoms with Gasteiger partial charge in [-0.05, 0) is 50.7 Å². The molecular weight excluding hydrogens is 274 g/mol. The molecule has 1 aromatic rings. The number of carbonyl (C=O) groups is 1. The Balaban J connectivity index is 2.61. The number of hydrazine groups is 1. The van der Waals surface area contributed by atoms with E-state index < -0.39 is 0 Å². The maximum absolute atomic E-state index is 12.4. The molecule has 4 heteroatoms. The third-order valence-corrected chi connectivity index (χ3v) is 4.75. The minimum atomic E-state index is -0.269. The molecule has 0 radical (unpaired) electrons. The van der Waals surface area contributed by atoms with Crippen molar-refractivity contribution in [2.75, 3.05) is 4.90 Å². The highest BCUT2D eigenvalue weighted by molar-refractivity contribution is 5.86. The number of rotatable bonds is 3. The fraction of sp³-hybridized carbons (Fsp3) is 0.611. The first-order chi connectivity index (χ1) is 10.2. The highest BCUT2D eigenvalue weighted by Gasteiger charge is 2.43. The lowest BCUT2D eigenvalue weighted by Gasteiger charge is -2.51. The number of nitrogens with zero attached hydrogens (tertiary/aromatic N) is 1. The summed E-state index contributed by atoms with van der Waals surface area (Å²) in [5, 5.41) is 0. The Bertz CT molecular complexity index is 565. The summed E-state index contributed by atoms with van der Waals surface area (Å²) < 4.78 is 0. The van der Waals surface area contributed by atoms with Gasteiger partial charge >= 0.3 is 0 Å². The van der Waals surface area contributed by atoms with E-state index in [9.17, 15) is 4.79 Å². The van der Waals surface area contributed by atoms with Gasteiger partial charge in [-0.25, -0.2) is 5.84 Å². The molecular formula is C18H29N3O. The summed E-state index contributed by atoms with van der Waals surface area (Å²) in [5.74, 6) is 5.98. The molecule has 3 N–H and O–H groups in total. The van der Waals surface area contributed by atoms with Crippen LogP contribution in [-0.2, 0) is 4.79 Å². The van der Waals surface area contributed by atoms with Crippen molar-refractivity contribution in [3.05, 3.63) is 29.3 Å². The van der Waals surface area contributed by atoms with E-state index >= 15 is 0 Å². The number of carbonyl (C=O) groups excluding carboxylic acids is 1. The van der Waals surface area contributed by atoms with Gasteiger partial charge in [0, 0.05) is 11.2 Å². The zero-order valence-corrected chi connectivity index (χ0v) is 14.6. The van der Waals surface area contributed by atoms with Crippen molar-refractivity contribution < 1.29 is 4.79 Å². The normalized spacial score (nSPS) is 21.5. The zero-order chi connectivity index (χ0) is 16.7. The Morgan fingerprint density at radius 1 is 1.41 bits per heavy atom.